The lowest BCUT2D eigenvalue weighted by molar-refractivity contribution is -0.136. The number of fused-ring (bicyclic) bond motifs is 1. The maximum absolute atomic E-state index is 13.0. The second kappa shape index (κ2) is 4.99. The van der Waals surface area contributed by atoms with Crippen molar-refractivity contribution >= 4 is 22.6 Å². The van der Waals surface area contributed by atoms with Crippen LogP contribution in [0.2, 0.25) is 0 Å². The highest BCUT2D eigenvalue weighted by Gasteiger charge is 2.34. The Hall–Kier alpha value is -2.31. The molecule has 2 N–H and O–H groups in total. The SMILES string of the molecule is CCOC(=O)c1cnc2cccc(C(F)(F)F)c2c1N. The van der Waals surface area contributed by atoms with E-state index in [9.17, 15) is 18.0 Å². The van der Waals surface area contributed by atoms with E-state index in [-0.39, 0.29) is 28.8 Å². The van der Waals surface area contributed by atoms with Crippen molar-refractivity contribution in [2.45, 2.75) is 13.1 Å². The molecular weight excluding hydrogens is 273 g/mol. The molecule has 0 saturated heterocycles. The third-order valence-electron chi connectivity index (χ3n) is 2.74. The Morgan fingerprint density at radius 1 is 1.40 bits per heavy atom. The normalized spacial score (nSPS) is 11.6. The number of anilines is 1. The summed E-state index contributed by atoms with van der Waals surface area (Å²) in [5.74, 6) is -0.795. The largest absolute Gasteiger partial charge is 0.462 e. The number of esters is 1. The number of aromatic nitrogens is 1. The molecule has 1 heterocycles. The number of pyridine rings is 1. The summed E-state index contributed by atoms with van der Waals surface area (Å²) in [5, 5.41) is -0.287. The first-order valence-corrected chi connectivity index (χ1v) is 5.77. The summed E-state index contributed by atoms with van der Waals surface area (Å²) in [6.45, 7) is 1.68. The zero-order valence-corrected chi connectivity index (χ0v) is 10.5. The molecule has 0 unspecified atom stereocenters. The van der Waals surface area contributed by atoms with Gasteiger partial charge in [-0.2, -0.15) is 13.2 Å². The van der Waals surface area contributed by atoms with Crippen molar-refractivity contribution in [1.82, 2.24) is 4.98 Å². The predicted molar refractivity (Wildman–Crippen MR) is 67.1 cm³/mol. The zero-order chi connectivity index (χ0) is 14.9. The van der Waals surface area contributed by atoms with Gasteiger partial charge in [-0.1, -0.05) is 6.07 Å². The average molecular weight is 284 g/mol. The Kier molecular flexibility index (Phi) is 3.52. The van der Waals surface area contributed by atoms with Crippen LogP contribution in [-0.2, 0) is 10.9 Å². The van der Waals surface area contributed by atoms with Gasteiger partial charge in [-0.15, -0.1) is 0 Å². The minimum atomic E-state index is -4.58. The molecule has 2 rings (SSSR count). The fourth-order valence-electron chi connectivity index (χ4n) is 1.88. The van der Waals surface area contributed by atoms with Gasteiger partial charge in [0.25, 0.3) is 0 Å². The van der Waals surface area contributed by atoms with Gasteiger partial charge in [0.05, 0.1) is 23.4 Å². The molecule has 0 aliphatic heterocycles. The fraction of sp³-hybridized carbons (Fsp3) is 0.231. The second-order valence-electron chi connectivity index (χ2n) is 4.00. The molecular formula is C13H11F3N2O2. The van der Waals surface area contributed by atoms with Gasteiger partial charge in [-0.3, -0.25) is 4.98 Å². The molecule has 0 aliphatic rings. The highest BCUT2D eigenvalue weighted by molar-refractivity contribution is 6.05. The van der Waals surface area contributed by atoms with Crippen LogP contribution in [0, 0.1) is 0 Å². The number of carbonyl (C=O) groups excluding carboxylic acids is 1. The standard InChI is InChI=1S/C13H11F3N2O2/c1-2-20-12(19)7-6-18-9-5-3-4-8(13(14,15)16)10(9)11(7)17/h3-6H,2H2,1H3,(H2,17,18). The number of nitrogens with two attached hydrogens (primary N) is 1. The molecule has 0 atom stereocenters. The molecule has 0 saturated carbocycles. The van der Waals surface area contributed by atoms with E-state index in [4.69, 9.17) is 10.5 Å². The van der Waals surface area contributed by atoms with E-state index in [2.05, 4.69) is 4.98 Å². The van der Waals surface area contributed by atoms with Crippen LogP contribution in [-0.4, -0.2) is 17.6 Å². The van der Waals surface area contributed by atoms with Gasteiger partial charge in [0.1, 0.15) is 5.56 Å². The van der Waals surface area contributed by atoms with Gasteiger partial charge < -0.3 is 10.5 Å². The van der Waals surface area contributed by atoms with E-state index in [0.717, 1.165) is 12.3 Å². The number of nitrogen functional groups attached to an aromatic ring is 1. The van der Waals surface area contributed by atoms with E-state index < -0.39 is 17.7 Å². The summed E-state index contributed by atoms with van der Waals surface area (Å²) in [7, 11) is 0. The first kappa shape index (κ1) is 14.1. The molecule has 0 spiro atoms. The predicted octanol–water partition coefficient (Wildman–Crippen LogP) is 3.01. The van der Waals surface area contributed by atoms with Gasteiger partial charge in [0.2, 0.25) is 0 Å². The van der Waals surface area contributed by atoms with Crippen molar-refractivity contribution in [2.24, 2.45) is 0 Å². The summed E-state index contributed by atoms with van der Waals surface area (Å²) in [6, 6.07) is 3.53. The van der Waals surface area contributed by atoms with Gasteiger partial charge >= 0.3 is 12.1 Å². The Balaban J connectivity index is 2.74. The Labute approximate surface area is 112 Å². The number of rotatable bonds is 2. The molecule has 1 aromatic carbocycles. The van der Waals surface area contributed by atoms with Crippen LogP contribution in [0.5, 0.6) is 0 Å². The molecule has 4 nitrogen and oxygen atoms in total. The topological polar surface area (TPSA) is 65.2 Å². The Bertz CT molecular complexity index is 668. The van der Waals surface area contributed by atoms with Crippen LogP contribution in [0.15, 0.2) is 24.4 Å². The highest BCUT2D eigenvalue weighted by Crippen LogP contribution is 2.37. The third kappa shape index (κ3) is 2.38. The summed E-state index contributed by atoms with van der Waals surface area (Å²) in [5.41, 5.74) is 4.41. The summed E-state index contributed by atoms with van der Waals surface area (Å²) < 4.78 is 43.7. The molecule has 1 aromatic heterocycles. The van der Waals surface area contributed by atoms with E-state index in [1.165, 1.54) is 12.1 Å². The smallest absolute Gasteiger partial charge is 0.417 e. The molecule has 106 valence electrons. The maximum Gasteiger partial charge on any atom is 0.417 e. The Morgan fingerprint density at radius 3 is 2.70 bits per heavy atom. The minimum absolute atomic E-state index is 0.0744. The van der Waals surface area contributed by atoms with Crippen LogP contribution in [0.4, 0.5) is 18.9 Å². The molecule has 0 fully saturated rings. The minimum Gasteiger partial charge on any atom is -0.462 e. The van der Waals surface area contributed by atoms with E-state index in [1.54, 1.807) is 6.92 Å². The number of benzene rings is 1. The molecule has 2 aromatic rings. The number of ether oxygens (including phenoxy) is 1. The highest BCUT2D eigenvalue weighted by atomic mass is 19.4. The maximum atomic E-state index is 13.0. The number of hydrogen-bond donors (Lipinski definition) is 1. The number of halogens is 3. The molecule has 7 heteroatoms. The van der Waals surface area contributed by atoms with Crippen LogP contribution in [0.3, 0.4) is 0 Å². The van der Waals surface area contributed by atoms with E-state index >= 15 is 0 Å². The lowest BCUT2D eigenvalue weighted by Gasteiger charge is -2.13. The first-order chi connectivity index (χ1) is 9.36. The van der Waals surface area contributed by atoms with Gasteiger partial charge in [-0.05, 0) is 19.1 Å². The summed E-state index contributed by atoms with van der Waals surface area (Å²) in [6.07, 6.45) is -3.46. The summed E-state index contributed by atoms with van der Waals surface area (Å²) >= 11 is 0. The number of nitrogens with zero attached hydrogens (tertiary/aromatic N) is 1. The summed E-state index contributed by atoms with van der Waals surface area (Å²) in [4.78, 5) is 15.5. The second-order valence-corrected chi connectivity index (χ2v) is 4.00. The fourth-order valence-corrected chi connectivity index (χ4v) is 1.88. The van der Waals surface area contributed by atoms with E-state index in [0.29, 0.717) is 0 Å². The lowest BCUT2D eigenvalue weighted by Crippen LogP contribution is -2.12. The lowest BCUT2D eigenvalue weighted by atomic mass is 10.0. The van der Waals surface area contributed by atoms with Crippen LogP contribution in [0.25, 0.3) is 10.9 Å². The number of carbonyl (C=O) groups is 1. The Morgan fingerprint density at radius 2 is 2.10 bits per heavy atom. The number of alkyl halides is 3. The van der Waals surface area contributed by atoms with Crippen LogP contribution < -0.4 is 5.73 Å². The molecule has 0 amide bonds. The molecule has 0 aliphatic carbocycles. The molecule has 20 heavy (non-hydrogen) atoms. The molecule has 0 bridgehead atoms. The molecule has 0 radical (unpaired) electrons. The van der Waals surface area contributed by atoms with Gasteiger partial charge in [0, 0.05) is 11.6 Å². The van der Waals surface area contributed by atoms with Crippen LogP contribution >= 0.6 is 0 Å². The van der Waals surface area contributed by atoms with Crippen molar-refractivity contribution in [1.29, 1.82) is 0 Å². The zero-order valence-electron chi connectivity index (χ0n) is 10.5. The number of hydrogen-bond acceptors (Lipinski definition) is 4. The quantitative estimate of drug-likeness (QED) is 0.861. The van der Waals surface area contributed by atoms with Crippen molar-refractivity contribution in [3.8, 4) is 0 Å². The van der Waals surface area contributed by atoms with Gasteiger partial charge in [-0.25, -0.2) is 4.79 Å². The van der Waals surface area contributed by atoms with Crippen molar-refractivity contribution in [2.75, 3.05) is 12.3 Å². The van der Waals surface area contributed by atoms with Gasteiger partial charge in [0.15, 0.2) is 0 Å². The van der Waals surface area contributed by atoms with Crippen molar-refractivity contribution < 1.29 is 22.7 Å². The average Bonchev–Trinajstić information content (AvgIpc) is 2.37. The van der Waals surface area contributed by atoms with E-state index in [1.807, 2.05) is 0 Å². The third-order valence-corrected chi connectivity index (χ3v) is 2.74. The first-order valence-electron chi connectivity index (χ1n) is 5.77. The monoisotopic (exact) mass is 284 g/mol. The van der Waals surface area contributed by atoms with Crippen molar-refractivity contribution in [3.05, 3.63) is 35.5 Å². The van der Waals surface area contributed by atoms with Crippen molar-refractivity contribution in [3.63, 3.8) is 0 Å². The van der Waals surface area contributed by atoms with Crippen LogP contribution in [0.1, 0.15) is 22.8 Å².